The lowest BCUT2D eigenvalue weighted by molar-refractivity contribution is -0.379. The van der Waals surface area contributed by atoms with E-state index in [2.05, 4.69) is 92.1 Å². The van der Waals surface area contributed by atoms with E-state index in [0.717, 1.165) is 89.9 Å². The van der Waals surface area contributed by atoms with Crippen molar-refractivity contribution in [2.24, 2.45) is 0 Å². The van der Waals surface area contributed by atoms with Crippen LogP contribution in [0.3, 0.4) is 0 Å². The first-order chi connectivity index (χ1) is 47.8. The molecule has 0 aliphatic carbocycles. The highest BCUT2D eigenvalue weighted by molar-refractivity contribution is 5.76. The van der Waals surface area contributed by atoms with E-state index >= 15 is 0 Å². The summed E-state index contributed by atoms with van der Waals surface area (Å²) < 4.78 is 34.4. The van der Waals surface area contributed by atoms with E-state index in [0.29, 0.717) is 6.42 Å². The highest BCUT2D eigenvalue weighted by atomic mass is 16.8. The molecule has 19 heteroatoms. The highest BCUT2D eigenvalue weighted by Gasteiger charge is 2.53. The number of hydrogen-bond donors (Lipinski definition) is 12. The van der Waals surface area contributed by atoms with Gasteiger partial charge in [-0.15, -0.1) is 0 Å². The lowest BCUT2D eigenvalue weighted by Gasteiger charge is -2.48. The second-order valence-electron chi connectivity index (χ2n) is 27.4. The van der Waals surface area contributed by atoms with Crippen molar-refractivity contribution in [3.8, 4) is 0 Å². The van der Waals surface area contributed by atoms with E-state index in [-0.39, 0.29) is 18.9 Å². The number of nitrogens with one attached hydrogen (secondary N) is 1. The van der Waals surface area contributed by atoms with Crippen molar-refractivity contribution < 1.29 is 89.4 Å². The molecule has 568 valence electrons. The number of rotatable bonds is 60. The monoisotopic (exact) mass is 1390 g/mol. The quantitative estimate of drug-likeness (QED) is 0.0199. The molecule has 0 spiro atoms. The van der Waals surface area contributed by atoms with Gasteiger partial charge < -0.3 is 89.9 Å². The van der Waals surface area contributed by atoms with Crippen LogP contribution in [0.25, 0.3) is 0 Å². The second-order valence-corrected chi connectivity index (χ2v) is 27.4. The molecular weight excluding hydrogens is 1250 g/mol. The SMILES string of the molecule is CC/C=C\C/C=C\C/C=C\C/C=C\C/C=C\C/C=C\CCCCCCC(=O)NC(COC1OC(CO)C(OC2OC(CO)C(OC3OC(CO)C(O)C(O)C3O)C(O)C2O)C(O)C1O)C(O)/C=C/CCCCCCCCCCCCCCCCCCCCCCCCCCCCCC. The first kappa shape index (κ1) is 89.2. The van der Waals surface area contributed by atoms with Crippen molar-refractivity contribution in [1.29, 1.82) is 0 Å². The molecule has 3 rings (SSSR count). The molecule has 1 amide bonds. The predicted octanol–water partition coefficient (Wildman–Crippen LogP) is 12.2. The van der Waals surface area contributed by atoms with Crippen LogP contribution in [0.2, 0.25) is 0 Å². The van der Waals surface area contributed by atoms with Gasteiger partial charge in [0, 0.05) is 6.42 Å². The Morgan fingerprint density at radius 3 is 1.10 bits per heavy atom. The molecule has 17 unspecified atom stereocenters. The van der Waals surface area contributed by atoms with Gasteiger partial charge in [0.1, 0.15) is 73.2 Å². The highest BCUT2D eigenvalue weighted by Crippen LogP contribution is 2.33. The lowest BCUT2D eigenvalue weighted by atomic mass is 9.96. The minimum atomic E-state index is -1.99. The first-order valence-corrected chi connectivity index (χ1v) is 38.8. The zero-order valence-electron chi connectivity index (χ0n) is 60.5. The van der Waals surface area contributed by atoms with Crippen LogP contribution < -0.4 is 5.32 Å². The number of ether oxygens (including phenoxy) is 6. The molecule has 0 radical (unpaired) electrons. The van der Waals surface area contributed by atoms with Crippen molar-refractivity contribution >= 4 is 5.91 Å². The largest absolute Gasteiger partial charge is 0.394 e. The standard InChI is InChI=1S/C79H139NO18/c1-3-5-7-9-11-13-15-17-19-21-23-25-27-28-29-30-31-32-33-35-36-38-40-42-44-46-48-50-52-54-56-63(84)62(80-67(85)57-55-53-51-49-47-45-43-41-39-37-34-26-24-22-20-18-16-14-12-10-8-6-4-2)61-93-77-73(91)70(88)75(65(59-82)95-77)98-79-74(92)71(89)76(66(60-83)96-79)97-78-72(90)69(87)68(86)64(58-81)94-78/h6,8,12,14,18,20,24,26,37,39,43,45,54,56,62-66,68-79,81-84,86-92H,3-5,7,9-11,13,15-17,19,21-23,25,27-36,38,40-42,44,46-53,55,57-61H2,1-2H3,(H,80,85)/b8-6-,14-12-,20-18-,26-24-,39-37-,45-43-,56-54+. The third kappa shape index (κ3) is 39.6. The van der Waals surface area contributed by atoms with Gasteiger partial charge in [0.2, 0.25) is 5.91 Å². The third-order valence-corrected chi connectivity index (χ3v) is 18.9. The van der Waals surface area contributed by atoms with Crippen molar-refractivity contribution in [2.75, 3.05) is 26.4 Å². The molecule has 3 heterocycles. The van der Waals surface area contributed by atoms with Crippen molar-refractivity contribution in [3.05, 3.63) is 85.1 Å². The van der Waals surface area contributed by atoms with Gasteiger partial charge in [0.15, 0.2) is 18.9 Å². The summed E-state index contributed by atoms with van der Waals surface area (Å²) in [6.07, 6.45) is 51.4. The summed E-state index contributed by atoms with van der Waals surface area (Å²) in [7, 11) is 0. The number of amides is 1. The fraction of sp³-hybridized carbons (Fsp3) is 0.810. The van der Waals surface area contributed by atoms with Crippen LogP contribution in [0.5, 0.6) is 0 Å². The average molecular weight is 1390 g/mol. The maximum atomic E-state index is 13.4. The van der Waals surface area contributed by atoms with E-state index in [4.69, 9.17) is 28.4 Å². The Morgan fingerprint density at radius 2 is 0.704 bits per heavy atom. The van der Waals surface area contributed by atoms with Crippen molar-refractivity contribution in [3.63, 3.8) is 0 Å². The molecule has 3 aliphatic rings. The number of allylic oxidation sites excluding steroid dienone is 13. The Bertz CT molecular complexity index is 2100. The zero-order valence-corrected chi connectivity index (χ0v) is 60.5. The molecule has 0 bridgehead atoms. The second kappa shape index (κ2) is 59.4. The summed E-state index contributed by atoms with van der Waals surface area (Å²) in [4.78, 5) is 13.4. The van der Waals surface area contributed by atoms with Gasteiger partial charge in [-0.25, -0.2) is 0 Å². The van der Waals surface area contributed by atoms with Gasteiger partial charge in [-0.3, -0.25) is 4.79 Å². The van der Waals surface area contributed by atoms with Gasteiger partial charge in [-0.1, -0.05) is 285 Å². The van der Waals surface area contributed by atoms with Crippen LogP contribution in [-0.2, 0) is 33.2 Å². The Hall–Kier alpha value is -3.03. The van der Waals surface area contributed by atoms with E-state index in [1.165, 1.54) is 161 Å². The topological polar surface area (TPSA) is 307 Å². The summed E-state index contributed by atoms with van der Waals surface area (Å²) in [5.41, 5.74) is 0. The Balaban J connectivity index is 1.40. The summed E-state index contributed by atoms with van der Waals surface area (Å²) in [5.74, 6) is -0.300. The molecule has 12 N–H and O–H groups in total. The summed E-state index contributed by atoms with van der Waals surface area (Å²) in [6.45, 7) is 1.62. The molecule has 3 fully saturated rings. The molecule has 19 nitrogen and oxygen atoms in total. The number of carbonyl (C=O) groups is 1. The maximum Gasteiger partial charge on any atom is 0.220 e. The van der Waals surface area contributed by atoms with Crippen LogP contribution in [0, 0.1) is 0 Å². The Labute approximate surface area is 590 Å². The molecule has 0 aromatic rings. The van der Waals surface area contributed by atoms with Gasteiger partial charge in [0.25, 0.3) is 0 Å². The van der Waals surface area contributed by atoms with E-state index in [9.17, 15) is 61.0 Å². The molecule has 17 atom stereocenters. The first-order valence-electron chi connectivity index (χ1n) is 38.8. The van der Waals surface area contributed by atoms with Gasteiger partial charge in [-0.2, -0.15) is 0 Å². The summed E-state index contributed by atoms with van der Waals surface area (Å²) in [6, 6.07) is -0.995. The van der Waals surface area contributed by atoms with Crippen LogP contribution in [0.15, 0.2) is 85.1 Å². The van der Waals surface area contributed by atoms with Crippen molar-refractivity contribution in [2.45, 2.75) is 381 Å². The predicted molar refractivity (Wildman–Crippen MR) is 388 cm³/mol. The van der Waals surface area contributed by atoms with Crippen LogP contribution in [-0.4, -0.2) is 193 Å². The van der Waals surface area contributed by atoms with E-state index in [1.807, 2.05) is 6.08 Å². The van der Waals surface area contributed by atoms with E-state index < -0.39 is 124 Å². The molecular formula is C79H139NO18. The fourth-order valence-corrected chi connectivity index (χ4v) is 12.7. The fourth-order valence-electron chi connectivity index (χ4n) is 12.7. The van der Waals surface area contributed by atoms with Gasteiger partial charge in [0.05, 0.1) is 38.6 Å². The van der Waals surface area contributed by atoms with Gasteiger partial charge >= 0.3 is 0 Å². The van der Waals surface area contributed by atoms with Crippen LogP contribution in [0.4, 0.5) is 0 Å². The minimum absolute atomic E-state index is 0.209. The maximum absolute atomic E-state index is 13.4. The summed E-state index contributed by atoms with van der Waals surface area (Å²) >= 11 is 0. The molecule has 3 aliphatic heterocycles. The van der Waals surface area contributed by atoms with Crippen LogP contribution >= 0.6 is 0 Å². The normalized spacial score (nSPS) is 27.2. The van der Waals surface area contributed by atoms with Gasteiger partial charge in [-0.05, 0) is 70.6 Å². The molecule has 0 aromatic carbocycles. The minimum Gasteiger partial charge on any atom is -0.394 e. The number of carbonyl (C=O) groups excluding carboxylic acids is 1. The summed E-state index contributed by atoms with van der Waals surface area (Å²) in [5, 5.41) is 121. The zero-order chi connectivity index (χ0) is 71.1. The third-order valence-electron chi connectivity index (χ3n) is 18.9. The Kier molecular flexibility index (Phi) is 54.0. The van der Waals surface area contributed by atoms with Crippen LogP contribution in [0.1, 0.15) is 277 Å². The van der Waals surface area contributed by atoms with E-state index in [1.54, 1.807) is 6.08 Å². The number of aliphatic hydroxyl groups is 11. The van der Waals surface area contributed by atoms with Crippen molar-refractivity contribution in [1.82, 2.24) is 5.32 Å². The molecule has 0 aromatic heterocycles. The lowest BCUT2D eigenvalue weighted by Crippen LogP contribution is -2.66. The molecule has 3 saturated heterocycles. The smallest absolute Gasteiger partial charge is 0.220 e. The molecule has 98 heavy (non-hydrogen) atoms. The average Bonchev–Trinajstić information content (AvgIpc) is 0.785. The number of aliphatic hydroxyl groups excluding tert-OH is 11. The Morgan fingerprint density at radius 1 is 0.378 bits per heavy atom. The number of unbranched alkanes of at least 4 members (excludes halogenated alkanes) is 32. The molecule has 0 saturated carbocycles. The number of hydrogen-bond acceptors (Lipinski definition) is 18.